The number of carbonyl (C=O) groups is 2. The van der Waals surface area contributed by atoms with E-state index in [0.717, 1.165) is 11.3 Å². The summed E-state index contributed by atoms with van der Waals surface area (Å²) in [5, 5.41) is 23.8. The van der Waals surface area contributed by atoms with Gasteiger partial charge in [0.15, 0.2) is 11.9 Å². The van der Waals surface area contributed by atoms with E-state index in [-0.39, 0.29) is 34.6 Å². The molecular formula is C23H27N3O5. The lowest BCUT2D eigenvalue weighted by Crippen LogP contribution is -2.47. The van der Waals surface area contributed by atoms with E-state index in [1.54, 1.807) is 40.4 Å². The Bertz CT molecular complexity index is 1030. The molecule has 31 heavy (non-hydrogen) atoms. The second-order valence-corrected chi connectivity index (χ2v) is 7.61. The second kappa shape index (κ2) is 8.69. The number of hydrogen-bond donors (Lipinski definition) is 3. The zero-order chi connectivity index (χ0) is 22.9. The Balaban J connectivity index is 1.91. The molecule has 3 rings (SSSR count). The molecule has 3 N–H and O–H groups in total. The third-order valence-corrected chi connectivity index (χ3v) is 5.50. The molecule has 2 aromatic rings. The number of anilines is 1. The Labute approximate surface area is 181 Å². The number of nitrogens with zero attached hydrogens (tertiary/aromatic N) is 2. The summed E-state index contributed by atoms with van der Waals surface area (Å²) in [6.45, 7) is 1.95. The van der Waals surface area contributed by atoms with E-state index in [1.807, 2.05) is 36.1 Å². The number of carbonyl (C=O) groups excluding carboxylic acids is 2. The van der Waals surface area contributed by atoms with Gasteiger partial charge >= 0.3 is 0 Å². The van der Waals surface area contributed by atoms with Crippen molar-refractivity contribution in [3.8, 4) is 11.5 Å². The summed E-state index contributed by atoms with van der Waals surface area (Å²) in [5.41, 5.74) is 1.90. The molecule has 164 valence electrons. The fourth-order valence-electron chi connectivity index (χ4n) is 3.45. The Hall–Kier alpha value is -3.52. The summed E-state index contributed by atoms with van der Waals surface area (Å²) in [7, 11) is 6.56. The maximum atomic E-state index is 12.4. The minimum atomic E-state index is -1.26. The van der Waals surface area contributed by atoms with Crippen LogP contribution in [0.1, 0.15) is 28.9 Å². The number of phenols is 1. The zero-order valence-corrected chi connectivity index (χ0v) is 18.2. The highest BCUT2D eigenvalue weighted by Crippen LogP contribution is 2.37. The molecule has 1 unspecified atom stereocenters. The van der Waals surface area contributed by atoms with E-state index in [2.05, 4.69) is 5.32 Å². The molecule has 1 amide bonds. The highest BCUT2D eigenvalue weighted by Gasteiger charge is 2.42. The van der Waals surface area contributed by atoms with Crippen molar-refractivity contribution >= 4 is 17.4 Å². The number of methoxy groups -OCH3 is 1. The molecule has 8 nitrogen and oxygen atoms in total. The maximum absolute atomic E-state index is 12.4. The van der Waals surface area contributed by atoms with Gasteiger partial charge in [0.1, 0.15) is 11.4 Å². The van der Waals surface area contributed by atoms with Crippen LogP contribution >= 0.6 is 0 Å². The normalized spacial score (nSPS) is 16.5. The standard InChI is InChI=1S/C23H27N3O5/c1-13(14-9-11-15(31-5)12-10-14)26(4)19-18(21(28)22(19)29)24-17-8-6-7-16(20(17)27)23(30)25(2)3/h6-13,22,24,27,29H,1-5H3/t13-,22?/m1/s1. The van der Waals surface area contributed by atoms with Crippen LogP contribution in [-0.2, 0) is 4.79 Å². The first-order chi connectivity index (χ1) is 14.7. The number of aliphatic hydroxyl groups excluding tert-OH is 1. The molecule has 1 aliphatic carbocycles. The SMILES string of the molecule is COc1ccc([C@@H](C)N(C)C2=C(Nc3cccc(C(=O)N(C)C)c3O)C(=O)C2O)cc1. The Morgan fingerprint density at radius 3 is 2.35 bits per heavy atom. The van der Waals surface area contributed by atoms with E-state index >= 15 is 0 Å². The number of Topliss-reactive ketones (excluding diaryl/α,β-unsaturated/α-hetero) is 1. The Morgan fingerprint density at radius 1 is 1.13 bits per heavy atom. The van der Waals surface area contributed by atoms with Crippen LogP contribution in [0.4, 0.5) is 5.69 Å². The van der Waals surface area contributed by atoms with E-state index in [9.17, 15) is 19.8 Å². The van der Waals surface area contributed by atoms with Crippen molar-refractivity contribution in [2.45, 2.75) is 19.1 Å². The van der Waals surface area contributed by atoms with Gasteiger partial charge in [-0.2, -0.15) is 0 Å². The minimum absolute atomic E-state index is 0.115. The van der Waals surface area contributed by atoms with Crippen LogP contribution in [0.5, 0.6) is 11.5 Å². The number of likely N-dealkylation sites (N-methyl/N-ethyl adjacent to an activating group) is 1. The molecule has 2 aromatic carbocycles. The van der Waals surface area contributed by atoms with E-state index in [0.29, 0.717) is 5.70 Å². The summed E-state index contributed by atoms with van der Waals surface area (Å²) in [5.74, 6) is -0.358. The molecule has 0 aromatic heterocycles. The number of aliphatic hydroxyl groups is 1. The first-order valence-electron chi connectivity index (χ1n) is 9.81. The van der Waals surface area contributed by atoms with Crippen molar-refractivity contribution in [1.82, 2.24) is 9.80 Å². The quantitative estimate of drug-likeness (QED) is 0.585. The number of ether oxygens (including phenoxy) is 1. The van der Waals surface area contributed by atoms with Crippen LogP contribution in [-0.4, -0.2) is 66.1 Å². The van der Waals surface area contributed by atoms with Gasteiger partial charge < -0.3 is 30.1 Å². The molecule has 0 fully saturated rings. The van der Waals surface area contributed by atoms with Gasteiger partial charge in [0.05, 0.1) is 30.1 Å². The lowest BCUT2D eigenvalue weighted by molar-refractivity contribution is -0.125. The van der Waals surface area contributed by atoms with Crippen LogP contribution in [0.2, 0.25) is 0 Å². The third kappa shape index (κ3) is 4.06. The highest BCUT2D eigenvalue weighted by molar-refractivity contribution is 6.11. The largest absolute Gasteiger partial charge is 0.505 e. The molecule has 2 atom stereocenters. The molecule has 0 saturated carbocycles. The first-order valence-corrected chi connectivity index (χ1v) is 9.81. The molecule has 0 aliphatic heterocycles. The Kier molecular flexibility index (Phi) is 6.21. The Morgan fingerprint density at radius 2 is 1.77 bits per heavy atom. The molecule has 0 saturated heterocycles. The summed E-state index contributed by atoms with van der Waals surface area (Å²) in [4.78, 5) is 27.8. The fraction of sp³-hybridized carbons (Fsp3) is 0.304. The van der Waals surface area contributed by atoms with Gasteiger partial charge in [0.25, 0.3) is 5.91 Å². The van der Waals surface area contributed by atoms with Crippen molar-refractivity contribution in [2.24, 2.45) is 0 Å². The third-order valence-electron chi connectivity index (χ3n) is 5.50. The van der Waals surface area contributed by atoms with Crippen LogP contribution in [0, 0.1) is 0 Å². The summed E-state index contributed by atoms with van der Waals surface area (Å²) < 4.78 is 5.19. The number of phenolic OH excluding ortho intramolecular Hbond substituents is 1. The van der Waals surface area contributed by atoms with Crippen LogP contribution < -0.4 is 10.1 Å². The molecule has 0 heterocycles. The van der Waals surface area contributed by atoms with Gasteiger partial charge in [0.2, 0.25) is 5.78 Å². The van der Waals surface area contributed by atoms with Gasteiger partial charge in [-0.15, -0.1) is 0 Å². The van der Waals surface area contributed by atoms with Crippen molar-refractivity contribution in [3.63, 3.8) is 0 Å². The number of rotatable bonds is 7. The van der Waals surface area contributed by atoms with E-state index < -0.39 is 11.9 Å². The lowest BCUT2D eigenvalue weighted by Gasteiger charge is -2.39. The van der Waals surface area contributed by atoms with Gasteiger partial charge in [-0.05, 0) is 36.8 Å². The smallest absolute Gasteiger partial charge is 0.257 e. The van der Waals surface area contributed by atoms with Crippen molar-refractivity contribution in [2.75, 3.05) is 33.6 Å². The predicted octanol–water partition coefficient (Wildman–Crippen LogP) is 2.36. The lowest BCUT2D eigenvalue weighted by atomic mass is 9.91. The van der Waals surface area contributed by atoms with Crippen LogP contribution in [0.15, 0.2) is 53.9 Å². The van der Waals surface area contributed by atoms with Crippen LogP contribution in [0.3, 0.4) is 0 Å². The number of hydrogen-bond acceptors (Lipinski definition) is 7. The van der Waals surface area contributed by atoms with Crippen molar-refractivity contribution in [1.29, 1.82) is 0 Å². The number of amides is 1. The number of nitrogens with one attached hydrogen (secondary N) is 1. The van der Waals surface area contributed by atoms with E-state index in [4.69, 9.17) is 4.74 Å². The molecule has 8 heteroatoms. The fourth-order valence-corrected chi connectivity index (χ4v) is 3.45. The zero-order valence-electron chi connectivity index (χ0n) is 18.2. The van der Waals surface area contributed by atoms with Crippen LogP contribution in [0.25, 0.3) is 0 Å². The predicted molar refractivity (Wildman–Crippen MR) is 117 cm³/mol. The molecule has 0 spiro atoms. The van der Waals surface area contributed by atoms with Crippen molar-refractivity contribution in [3.05, 3.63) is 65.0 Å². The first kappa shape index (κ1) is 22.2. The summed E-state index contributed by atoms with van der Waals surface area (Å²) >= 11 is 0. The van der Waals surface area contributed by atoms with Gasteiger partial charge in [-0.1, -0.05) is 18.2 Å². The molecule has 0 radical (unpaired) electrons. The number of ketones is 1. The molecule has 0 bridgehead atoms. The van der Waals surface area contributed by atoms with Gasteiger partial charge in [-0.25, -0.2) is 0 Å². The number of para-hydroxylation sites is 1. The minimum Gasteiger partial charge on any atom is -0.505 e. The van der Waals surface area contributed by atoms with Crippen molar-refractivity contribution < 1.29 is 24.5 Å². The average molecular weight is 425 g/mol. The van der Waals surface area contributed by atoms with Gasteiger partial charge in [0, 0.05) is 21.1 Å². The average Bonchev–Trinajstić information content (AvgIpc) is 2.78. The van der Waals surface area contributed by atoms with Gasteiger partial charge in [-0.3, -0.25) is 9.59 Å². The second-order valence-electron chi connectivity index (χ2n) is 7.61. The summed E-state index contributed by atoms with van der Waals surface area (Å²) in [6, 6.07) is 12.1. The number of benzene rings is 2. The molecular weight excluding hydrogens is 398 g/mol. The summed E-state index contributed by atoms with van der Waals surface area (Å²) in [6.07, 6.45) is -1.26. The monoisotopic (exact) mass is 425 g/mol. The topological polar surface area (TPSA) is 102 Å². The number of aromatic hydroxyl groups is 1. The van der Waals surface area contributed by atoms with E-state index in [1.165, 1.54) is 11.0 Å². The maximum Gasteiger partial charge on any atom is 0.257 e. The molecule has 1 aliphatic rings. The highest BCUT2D eigenvalue weighted by atomic mass is 16.5.